The molecule has 0 atom stereocenters. The summed E-state index contributed by atoms with van der Waals surface area (Å²) in [5.74, 6) is 1.59. The van der Waals surface area contributed by atoms with Gasteiger partial charge in [0.2, 0.25) is 0 Å². The van der Waals surface area contributed by atoms with E-state index in [4.69, 9.17) is 0 Å². The Morgan fingerprint density at radius 1 is 1.21 bits per heavy atom. The van der Waals surface area contributed by atoms with Crippen LogP contribution in [-0.2, 0) is 13.1 Å². The van der Waals surface area contributed by atoms with E-state index in [1.807, 2.05) is 19.3 Å². The number of imidazole rings is 1. The first-order chi connectivity index (χ1) is 11.2. The van der Waals surface area contributed by atoms with Crippen molar-refractivity contribution in [2.75, 3.05) is 13.6 Å². The van der Waals surface area contributed by atoms with Crippen LogP contribution >= 0.6 is 24.0 Å². The molecule has 0 radical (unpaired) electrons. The summed E-state index contributed by atoms with van der Waals surface area (Å²) < 4.78 is 15.0. The predicted molar refractivity (Wildman–Crippen MR) is 106 cm³/mol. The number of halogens is 2. The smallest absolute Gasteiger partial charge is 0.191 e. The number of unbranched alkanes of at least 4 members (excludes halogenated alkanes) is 1. The number of aryl methyl sites for hydroxylation is 2. The van der Waals surface area contributed by atoms with Gasteiger partial charge < -0.3 is 15.2 Å². The van der Waals surface area contributed by atoms with Gasteiger partial charge in [0.1, 0.15) is 11.6 Å². The summed E-state index contributed by atoms with van der Waals surface area (Å²) in [6, 6.07) is 6.46. The Labute approximate surface area is 159 Å². The summed E-state index contributed by atoms with van der Waals surface area (Å²) in [6.07, 6.45) is 5.97. The fourth-order valence-electron chi connectivity index (χ4n) is 2.26. The van der Waals surface area contributed by atoms with E-state index in [1.165, 1.54) is 12.1 Å². The van der Waals surface area contributed by atoms with E-state index in [-0.39, 0.29) is 29.8 Å². The number of hydrogen-bond acceptors (Lipinski definition) is 2. The molecule has 0 amide bonds. The number of hydrogen-bond donors (Lipinski definition) is 2. The van der Waals surface area contributed by atoms with E-state index in [2.05, 4.69) is 25.2 Å². The van der Waals surface area contributed by atoms with Gasteiger partial charge in [-0.15, -0.1) is 24.0 Å². The van der Waals surface area contributed by atoms with Gasteiger partial charge >= 0.3 is 0 Å². The molecule has 1 aromatic carbocycles. The third kappa shape index (κ3) is 6.86. The first-order valence-corrected chi connectivity index (χ1v) is 7.86. The Bertz CT molecular complexity index is 624. The number of rotatable bonds is 7. The van der Waals surface area contributed by atoms with Crippen molar-refractivity contribution >= 4 is 29.9 Å². The van der Waals surface area contributed by atoms with E-state index in [0.29, 0.717) is 6.54 Å². The highest BCUT2D eigenvalue weighted by Crippen LogP contribution is 2.02. The molecule has 2 N–H and O–H groups in total. The Hall–Kier alpha value is -1.64. The van der Waals surface area contributed by atoms with Crippen molar-refractivity contribution in [1.82, 2.24) is 20.2 Å². The van der Waals surface area contributed by atoms with Crippen molar-refractivity contribution in [2.24, 2.45) is 4.99 Å². The summed E-state index contributed by atoms with van der Waals surface area (Å²) in [5.41, 5.74) is 1.02. The lowest BCUT2D eigenvalue weighted by Crippen LogP contribution is -2.37. The van der Waals surface area contributed by atoms with Crippen molar-refractivity contribution < 1.29 is 4.39 Å². The molecule has 1 heterocycles. The summed E-state index contributed by atoms with van der Waals surface area (Å²) in [5, 5.41) is 6.51. The maximum Gasteiger partial charge on any atom is 0.191 e. The van der Waals surface area contributed by atoms with Gasteiger partial charge in [0.05, 0.1) is 0 Å². The highest BCUT2D eigenvalue weighted by atomic mass is 127. The highest BCUT2D eigenvalue weighted by Gasteiger charge is 2.00. The molecule has 0 unspecified atom stereocenters. The van der Waals surface area contributed by atoms with Crippen LogP contribution < -0.4 is 10.6 Å². The van der Waals surface area contributed by atoms with Crippen molar-refractivity contribution in [2.45, 2.75) is 32.9 Å². The Morgan fingerprint density at radius 3 is 2.58 bits per heavy atom. The van der Waals surface area contributed by atoms with E-state index in [9.17, 15) is 4.39 Å². The predicted octanol–water partition coefficient (Wildman–Crippen LogP) is 3.09. The second-order valence-electron chi connectivity index (χ2n) is 5.35. The molecule has 0 spiro atoms. The van der Waals surface area contributed by atoms with Crippen LogP contribution in [0.5, 0.6) is 0 Å². The quantitative estimate of drug-likeness (QED) is 0.298. The van der Waals surface area contributed by atoms with Crippen LogP contribution in [0.25, 0.3) is 0 Å². The number of benzene rings is 1. The molecule has 5 nitrogen and oxygen atoms in total. The summed E-state index contributed by atoms with van der Waals surface area (Å²) in [6.45, 7) is 4.47. The fourth-order valence-corrected chi connectivity index (χ4v) is 2.26. The third-order valence-electron chi connectivity index (χ3n) is 3.64. The van der Waals surface area contributed by atoms with Gasteiger partial charge in [-0.25, -0.2) is 9.37 Å². The lowest BCUT2D eigenvalue weighted by molar-refractivity contribution is 0.588. The number of nitrogens with one attached hydrogen (secondary N) is 2. The van der Waals surface area contributed by atoms with Crippen molar-refractivity contribution in [3.63, 3.8) is 0 Å². The summed E-state index contributed by atoms with van der Waals surface area (Å²) in [7, 11) is 1.74. The third-order valence-corrected chi connectivity index (χ3v) is 3.64. The normalized spacial score (nSPS) is 11.0. The van der Waals surface area contributed by atoms with Gasteiger partial charge in [-0.3, -0.25) is 4.99 Å². The molecule has 0 aliphatic carbocycles. The molecule has 0 aliphatic rings. The molecule has 132 valence electrons. The van der Waals surface area contributed by atoms with Crippen LogP contribution in [0.4, 0.5) is 4.39 Å². The first-order valence-electron chi connectivity index (χ1n) is 7.86. The molecular formula is C17H25FIN5. The zero-order valence-electron chi connectivity index (χ0n) is 14.1. The number of nitrogens with zero attached hydrogens (tertiary/aromatic N) is 3. The van der Waals surface area contributed by atoms with Crippen LogP contribution in [0, 0.1) is 12.7 Å². The number of aliphatic imine (C=N–C) groups is 1. The highest BCUT2D eigenvalue weighted by molar-refractivity contribution is 14.0. The molecule has 0 bridgehead atoms. The molecule has 24 heavy (non-hydrogen) atoms. The van der Waals surface area contributed by atoms with Crippen molar-refractivity contribution in [3.8, 4) is 0 Å². The summed E-state index contributed by atoms with van der Waals surface area (Å²) >= 11 is 0. The summed E-state index contributed by atoms with van der Waals surface area (Å²) in [4.78, 5) is 8.40. The van der Waals surface area contributed by atoms with Crippen LogP contribution in [0.3, 0.4) is 0 Å². The largest absolute Gasteiger partial charge is 0.356 e. The minimum Gasteiger partial charge on any atom is -0.356 e. The van der Waals surface area contributed by atoms with Crippen molar-refractivity contribution in [3.05, 3.63) is 53.9 Å². The maximum absolute atomic E-state index is 12.9. The number of guanidine groups is 1. The van der Waals surface area contributed by atoms with E-state index >= 15 is 0 Å². The van der Waals surface area contributed by atoms with Gasteiger partial charge in [0.25, 0.3) is 0 Å². The molecular weight excluding hydrogens is 420 g/mol. The van der Waals surface area contributed by atoms with Crippen LogP contribution in [-0.4, -0.2) is 29.1 Å². The Morgan fingerprint density at radius 2 is 1.96 bits per heavy atom. The van der Waals surface area contributed by atoms with E-state index < -0.39 is 0 Å². The van der Waals surface area contributed by atoms with Gasteiger partial charge in [0, 0.05) is 39.1 Å². The molecule has 2 rings (SSSR count). The number of aromatic nitrogens is 2. The topological polar surface area (TPSA) is 54.2 Å². The SMILES string of the molecule is CN=C(NCCCCn1ccnc1C)NCc1ccc(F)cc1.I. The lowest BCUT2D eigenvalue weighted by Gasteiger charge is -2.12. The Kier molecular flexibility index (Phi) is 9.36. The minimum absolute atomic E-state index is 0. The monoisotopic (exact) mass is 445 g/mol. The van der Waals surface area contributed by atoms with Gasteiger partial charge in [-0.1, -0.05) is 12.1 Å². The van der Waals surface area contributed by atoms with Crippen molar-refractivity contribution in [1.29, 1.82) is 0 Å². The average molecular weight is 445 g/mol. The minimum atomic E-state index is -0.218. The zero-order chi connectivity index (χ0) is 16.5. The zero-order valence-corrected chi connectivity index (χ0v) is 16.5. The molecule has 0 aliphatic heterocycles. The Balaban J connectivity index is 0.00000288. The van der Waals surface area contributed by atoms with Gasteiger partial charge in [0.15, 0.2) is 5.96 Å². The molecule has 0 saturated heterocycles. The molecule has 0 fully saturated rings. The maximum atomic E-state index is 12.9. The lowest BCUT2D eigenvalue weighted by atomic mass is 10.2. The van der Waals surface area contributed by atoms with E-state index in [0.717, 1.165) is 43.3 Å². The standard InChI is InChI=1S/C17H24FN5.HI/c1-14-20-10-12-23(14)11-4-3-9-21-17(19-2)22-13-15-5-7-16(18)8-6-15;/h5-8,10,12H,3-4,9,11,13H2,1-2H3,(H2,19,21,22);1H. The molecule has 0 saturated carbocycles. The average Bonchev–Trinajstić information content (AvgIpc) is 2.97. The van der Waals surface area contributed by atoms with Crippen LogP contribution in [0.1, 0.15) is 24.2 Å². The second kappa shape index (κ2) is 11.0. The molecule has 1 aromatic heterocycles. The van der Waals surface area contributed by atoms with Crippen LogP contribution in [0.15, 0.2) is 41.7 Å². The fraction of sp³-hybridized carbons (Fsp3) is 0.412. The first kappa shape index (κ1) is 20.4. The van der Waals surface area contributed by atoms with Gasteiger partial charge in [-0.2, -0.15) is 0 Å². The molecule has 7 heteroatoms. The van der Waals surface area contributed by atoms with Crippen LogP contribution in [0.2, 0.25) is 0 Å². The molecule has 2 aromatic rings. The van der Waals surface area contributed by atoms with E-state index in [1.54, 1.807) is 19.2 Å². The second-order valence-corrected chi connectivity index (χ2v) is 5.35. The van der Waals surface area contributed by atoms with Gasteiger partial charge in [-0.05, 0) is 37.5 Å².